The minimum Gasteiger partial charge on any atom is -0.383 e. The van der Waals surface area contributed by atoms with Gasteiger partial charge in [0.15, 0.2) is 5.13 Å². The molecule has 0 aliphatic carbocycles. The number of hydrogen-bond acceptors (Lipinski definition) is 6. The Morgan fingerprint density at radius 3 is 2.73 bits per heavy atom. The van der Waals surface area contributed by atoms with Crippen LogP contribution in [0, 0.1) is 6.07 Å². The number of pyridine rings is 1. The molecule has 0 saturated heterocycles. The Bertz CT molecular complexity index is 926. The predicted molar refractivity (Wildman–Crippen MR) is 96.1 cm³/mol. The van der Waals surface area contributed by atoms with E-state index < -0.39 is 11.9 Å². The van der Waals surface area contributed by atoms with Crippen molar-refractivity contribution < 1.29 is 17.9 Å². The number of methoxy groups -OCH3 is 1. The van der Waals surface area contributed by atoms with E-state index >= 15 is 0 Å². The Hall–Kier alpha value is -2.39. The smallest absolute Gasteiger partial charge is 0.383 e. The zero-order valence-electron chi connectivity index (χ0n) is 14.0. The van der Waals surface area contributed by atoms with Crippen molar-refractivity contribution in [2.75, 3.05) is 24.8 Å². The molecule has 0 saturated carbocycles. The number of benzene rings is 1. The molecule has 0 bridgehead atoms. The van der Waals surface area contributed by atoms with E-state index in [1.54, 1.807) is 13.0 Å². The van der Waals surface area contributed by atoms with Gasteiger partial charge in [-0.05, 0) is 30.7 Å². The zero-order valence-corrected chi connectivity index (χ0v) is 14.8. The molecule has 1 atom stereocenters. The van der Waals surface area contributed by atoms with Crippen LogP contribution in [0.25, 0.3) is 21.3 Å². The van der Waals surface area contributed by atoms with Crippen molar-refractivity contribution >= 4 is 32.5 Å². The lowest BCUT2D eigenvalue weighted by molar-refractivity contribution is -0.141. The summed E-state index contributed by atoms with van der Waals surface area (Å²) < 4.78 is 45.1. The average Bonchev–Trinajstić information content (AvgIpc) is 2.93. The molecule has 26 heavy (non-hydrogen) atoms. The van der Waals surface area contributed by atoms with Crippen molar-refractivity contribution in [3.63, 3.8) is 0 Å². The van der Waals surface area contributed by atoms with Crippen LogP contribution in [0.2, 0.25) is 0 Å². The molecule has 2 aromatic heterocycles. The molecule has 1 radical (unpaired) electrons. The number of rotatable bonds is 5. The third-order valence-electron chi connectivity index (χ3n) is 3.60. The van der Waals surface area contributed by atoms with Gasteiger partial charge in [-0.15, -0.1) is 0 Å². The van der Waals surface area contributed by atoms with Gasteiger partial charge in [0, 0.05) is 24.8 Å². The first-order valence-corrected chi connectivity index (χ1v) is 8.52. The van der Waals surface area contributed by atoms with Crippen LogP contribution in [0.1, 0.15) is 12.6 Å². The molecule has 9 heteroatoms. The fraction of sp³-hybridized carbons (Fsp3) is 0.294. The molecule has 3 N–H and O–H groups in total. The number of fused-ring (bicyclic) bond motifs is 1. The maximum atomic E-state index is 13.1. The molecule has 0 fully saturated rings. The summed E-state index contributed by atoms with van der Waals surface area (Å²) in [5, 5.41) is 3.39. The average molecular weight is 381 g/mol. The summed E-state index contributed by atoms with van der Waals surface area (Å²) in [7, 11) is 1.52. The molecule has 1 unspecified atom stereocenters. The highest BCUT2D eigenvalue weighted by molar-refractivity contribution is 7.22. The van der Waals surface area contributed by atoms with Crippen molar-refractivity contribution in [3.05, 3.63) is 36.0 Å². The maximum absolute atomic E-state index is 13.1. The molecule has 2 heterocycles. The highest BCUT2D eigenvalue weighted by atomic mass is 32.1. The molecular formula is C17H16F3N4OS. The van der Waals surface area contributed by atoms with E-state index in [1.165, 1.54) is 24.5 Å². The topological polar surface area (TPSA) is 73.1 Å². The fourth-order valence-electron chi connectivity index (χ4n) is 2.51. The second-order valence-corrected chi connectivity index (χ2v) is 6.79. The van der Waals surface area contributed by atoms with Crippen molar-refractivity contribution in [2.45, 2.75) is 19.1 Å². The van der Waals surface area contributed by atoms with Gasteiger partial charge in [-0.2, -0.15) is 13.2 Å². The number of anilines is 2. The Morgan fingerprint density at radius 1 is 1.27 bits per heavy atom. The monoisotopic (exact) mass is 381 g/mol. The molecule has 3 aromatic rings. The number of halogens is 3. The normalized spacial score (nSPS) is 13.1. The number of aromatic nitrogens is 2. The largest absolute Gasteiger partial charge is 0.433 e. The molecule has 1 aromatic carbocycles. The Morgan fingerprint density at radius 2 is 2.04 bits per heavy atom. The van der Waals surface area contributed by atoms with Gasteiger partial charge >= 0.3 is 6.18 Å². The summed E-state index contributed by atoms with van der Waals surface area (Å²) in [5.41, 5.74) is 6.38. The summed E-state index contributed by atoms with van der Waals surface area (Å²) in [6.07, 6.45) is -4.53. The van der Waals surface area contributed by atoms with Crippen LogP contribution in [0.5, 0.6) is 0 Å². The van der Waals surface area contributed by atoms with E-state index in [-0.39, 0.29) is 11.9 Å². The molecule has 0 aliphatic rings. The van der Waals surface area contributed by atoms with Crippen LogP contribution in [0.15, 0.2) is 24.3 Å². The van der Waals surface area contributed by atoms with E-state index in [0.717, 1.165) is 10.8 Å². The van der Waals surface area contributed by atoms with Crippen molar-refractivity contribution in [3.8, 4) is 11.1 Å². The Labute approximate surface area is 152 Å². The molecule has 0 amide bonds. The number of nitrogen functional groups attached to an aromatic ring is 1. The van der Waals surface area contributed by atoms with Crippen LogP contribution < -0.4 is 11.1 Å². The third-order valence-corrected chi connectivity index (χ3v) is 4.45. The van der Waals surface area contributed by atoms with Gasteiger partial charge in [-0.3, -0.25) is 0 Å². The van der Waals surface area contributed by atoms with Crippen molar-refractivity contribution in [2.24, 2.45) is 0 Å². The molecule has 0 aliphatic heterocycles. The number of ether oxygens (including phenoxy) is 1. The summed E-state index contributed by atoms with van der Waals surface area (Å²) in [4.78, 5) is 7.95. The summed E-state index contributed by atoms with van der Waals surface area (Å²) in [6, 6.07) is 8.77. The number of nitrogens with two attached hydrogens (primary N) is 1. The van der Waals surface area contributed by atoms with Gasteiger partial charge in [-0.25, -0.2) is 9.97 Å². The molecule has 0 spiro atoms. The molecule has 137 valence electrons. The first kappa shape index (κ1) is 18.4. The SMILES string of the molecule is COCC(C)Nc1nc(C(F)(F)F)ccc1-c1[c]c2nc(N)sc2cc1. The lowest BCUT2D eigenvalue weighted by atomic mass is 10.1. The van der Waals surface area contributed by atoms with Crippen molar-refractivity contribution in [1.82, 2.24) is 9.97 Å². The quantitative estimate of drug-likeness (QED) is 0.693. The lowest BCUT2D eigenvalue weighted by Gasteiger charge is -2.18. The predicted octanol–water partition coefficient (Wildman–Crippen LogP) is 4.21. The Balaban J connectivity index is 2.08. The van der Waals surface area contributed by atoms with Crippen LogP contribution in [0.3, 0.4) is 0 Å². The maximum Gasteiger partial charge on any atom is 0.433 e. The number of thiazole rings is 1. The van der Waals surface area contributed by atoms with Crippen LogP contribution in [-0.2, 0) is 10.9 Å². The summed E-state index contributed by atoms with van der Waals surface area (Å²) >= 11 is 1.32. The summed E-state index contributed by atoms with van der Waals surface area (Å²) in [5.74, 6) is 0.114. The second-order valence-electron chi connectivity index (χ2n) is 5.73. The Kier molecular flexibility index (Phi) is 5.01. The highest BCUT2D eigenvalue weighted by Crippen LogP contribution is 2.35. The molecule has 3 rings (SSSR count). The first-order valence-electron chi connectivity index (χ1n) is 7.70. The lowest BCUT2D eigenvalue weighted by Crippen LogP contribution is -2.23. The highest BCUT2D eigenvalue weighted by Gasteiger charge is 2.33. The van der Waals surface area contributed by atoms with E-state index in [0.29, 0.717) is 28.4 Å². The second kappa shape index (κ2) is 7.08. The van der Waals surface area contributed by atoms with E-state index in [2.05, 4.69) is 21.4 Å². The van der Waals surface area contributed by atoms with Crippen LogP contribution in [0.4, 0.5) is 24.1 Å². The first-order chi connectivity index (χ1) is 12.3. The van der Waals surface area contributed by atoms with E-state index in [1.807, 2.05) is 6.07 Å². The van der Waals surface area contributed by atoms with E-state index in [4.69, 9.17) is 10.5 Å². The number of nitrogens with one attached hydrogen (secondary N) is 1. The van der Waals surface area contributed by atoms with Crippen molar-refractivity contribution in [1.29, 1.82) is 0 Å². The van der Waals surface area contributed by atoms with Gasteiger partial charge in [-0.1, -0.05) is 17.4 Å². The van der Waals surface area contributed by atoms with Gasteiger partial charge < -0.3 is 15.8 Å². The van der Waals surface area contributed by atoms with Crippen LogP contribution >= 0.6 is 11.3 Å². The van der Waals surface area contributed by atoms with Gasteiger partial charge in [0.05, 0.1) is 16.8 Å². The number of nitrogens with zero attached hydrogens (tertiary/aromatic N) is 2. The zero-order chi connectivity index (χ0) is 18.9. The standard InChI is InChI=1S/C17H16F3N4OS/c1-9(8-25-2)22-15-11(4-6-14(24-15)17(18,19)20)10-3-5-13-12(7-10)23-16(21)26-13/h3-6,9H,8H2,1-2H3,(H2,21,23)(H,22,24). The minimum absolute atomic E-state index is 0.114. The molecule has 5 nitrogen and oxygen atoms in total. The van der Waals surface area contributed by atoms with E-state index in [9.17, 15) is 13.2 Å². The minimum atomic E-state index is -4.53. The van der Waals surface area contributed by atoms with Gasteiger partial charge in [0.1, 0.15) is 11.5 Å². The number of hydrogen-bond donors (Lipinski definition) is 2. The summed E-state index contributed by atoms with van der Waals surface area (Å²) in [6.45, 7) is 2.12. The number of alkyl halides is 3. The fourth-order valence-corrected chi connectivity index (χ4v) is 3.20. The third kappa shape index (κ3) is 3.88. The van der Waals surface area contributed by atoms with Gasteiger partial charge in [0.25, 0.3) is 0 Å². The molecular weight excluding hydrogens is 365 g/mol. The van der Waals surface area contributed by atoms with Gasteiger partial charge in [0.2, 0.25) is 0 Å². The van der Waals surface area contributed by atoms with Crippen LogP contribution in [-0.4, -0.2) is 29.7 Å².